The minimum atomic E-state index is -1.31. The van der Waals surface area contributed by atoms with Crippen LogP contribution in [-0.2, 0) is 27.4 Å². The Hall–Kier alpha value is -3.58. The number of halogens is 1. The third-order valence-electron chi connectivity index (χ3n) is 8.35. The van der Waals surface area contributed by atoms with Crippen LogP contribution >= 0.6 is 12.4 Å². The molecule has 12 nitrogen and oxygen atoms in total. The number of aryl methyl sites for hydroxylation is 2. The number of amides is 1. The number of carbonyl (C=O) groups is 3. The molecular formula is C37H57ClN4O8. The van der Waals surface area contributed by atoms with Crippen LogP contribution in [0.15, 0.2) is 36.4 Å². The van der Waals surface area contributed by atoms with Crippen LogP contribution in [0.3, 0.4) is 0 Å². The number of para-hydroxylation sites is 2. The summed E-state index contributed by atoms with van der Waals surface area (Å²) in [6.45, 7) is 23.7. The number of hydrogen-bond acceptors (Lipinski definition) is 9. The van der Waals surface area contributed by atoms with E-state index in [-0.39, 0.29) is 18.5 Å². The summed E-state index contributed by atoms with van der Waals surface area (Å²) in [6.07, 6.45) is -0.282. The first kappa shape index (κ1) is 42.6. The van der Waals surface area contributed by atoms with E-state index < -0.39 is 28.7 Å². The zero-order valence-electron chi connectivity index (χ0n) is 31.1. The number of nitrogens with zero attached hydrogens (tertiary/aromatic N) is 3. The smallest absolute Gasteiger partial charge is 0.410 e. The molecule has 2 fully saturated rings. The number of piperazine rings is 2. The van der Waals surface area contributed by atoms with Crippen molar-refractivity contribution in [1.82, 2.24) is 20.0 Å². The summed E-state index contributed by atoms with van der Waals surface area (Å²) < 4.78 is 17.1. The van der Waals surface area contributed by atoms with E-state index >= 15 is 0 Å². The van der Waals surface area contributed by atoms with Crippen LogP contribution < -0.4 is 14.8 Å². The summed E-state index contributed by atoms with van der Waals surface area (Å²) in [4.78, 5) is 41.3. The molecule has 0 unspecified atom stereocenters. The van der Waals surface area contributed by atoms with Crippen LogP contribution in [0.25, 0.3) is 0 Å². The Kier molecular flexibility index (Phi) is 15.4. The monoisotopic (exact) mass is 720 g/mol. The van der Waals surface area contributed by atoms with E-state index in [1.807, 2.05) is 71.0 Å². The van der Waals surface area contributed by atoms with E-state index in [0.29, 0.717) is 31.1 Å². The molecule has 0 aromatic heterocycles. The maximum atomic E-state index is 12.2. The number of nitrogens with one attached hydrogen (secondary N) is 1. The summed E-state index contributed by atoms with van der Waals surface area (Å²) in [5.74, 6) is -0.653. The molecule has 13 heteroatoms. The number of ether oxygens (including phenoxy) is 3. The Morgan fingerprint density at radius 1 is 0.680 bits per heavy atom. The number of carboxylic acids is 2. The van der Waals surface area contributed by atoms with Gasteiger partial charge in [0, 0.05) is 76.6 Å². The predicted molar refractivity (Wildman–Crippen MR) is 196 cm³/mol. The molecule has 2 aromatic carbocycles. The van der Waals surface area contributed by atoms with Crippen LogP contribution in [0, 0.1) is 13.8 Å². The highest BCUT2D eigenvalue weighted by Crippen LogP contribution is 2.30. The third kappa shape index (κ3) is 12.6. The molecule has 0 saturated carbocycles. The third-order valence-corrected chi connectivity index (χ3v) is 8.35. The lowest BCUT2D eigenvalue weighted by molar-refractivity contribution is -0.152. The maximum Gasteiger partial charge on any atom is 0.410 e. The fourth-order valence-electron chi connectivity index (χ4n) is 5.33. The van der Waals surface area contributed by atoms with E-state index in [4.69, 9.17) is 14.2 Å². The van der Waals surface area contributed by atoms with Crippen molar-refractivity contribution in [3.05, 3.63) is 58.7 Å². The number of carbonyl (C=O) groups excluding carboxylic acids is 1. The van der Waals surface area contributed by atoms with Crippen molar-refractivity contribution in [2.45, 2.75) is 92.2 Å². The average Bonchev–Trinajstić information content (AvgIpc) is 3.01. The number of aliphatic carboxylic acids is 2. The normalized spacial score (nSPS) is 16.0. The molecule has 2 aromatic rings. The summed E-state index contributed by atoms with van der Waals surface area (Å²) in [6, 6.07) is 11.8. The fourth-order valence-corrected chi connectivity index (χ4v) is 5.33. The highest BCUT2D eigenvalue weighted by atomic mass is 35.5. The van der Waals surface area contributed by atoms with Crippen molar-refractivity contribution in [1.29, 1.82) is 0 Å². The summed E-state index contributed by atoms with van der Waals surface area (Å²) in [5, 5.41) is 22.0. The molecule has 2 aliphatic heterocycles. The van der Waals surface area contributed by atoms with Gasteiger partial charge < -0.3 is 34.6 Å². The van der Waals surface area contributed by atoms with Crippen LogP contribution in [0.4, 0.5) is 4.79 Å². The van der Waals surface area contributed by atoms with Gasteiger partial charge in [-0.2, -0.15) is 0 Å². The summed E-state index contributed by atoms with van der Waals surface area (Å²) in [7, 11) is 0. The largest absolute Gasteiger partial charge is 0.478 e. The molecule has 0 spiro atoms. The van der Waals surface area contributed by atoms with Crippen LogP contribution in [-0.4, -0.2) is 112 Å². The minimum absolute atomic E-state index is 0. The molecule has 3 N–H and O–H groups in total. The van der Waals surface area contributed by atoms with Gasteiger partial charge >= 0.3 is 18.0 Å². The molecule has 0 radical (unpaired) electrons. The van der Waals surface area contributed by atoms with Gasteiger partial charge in [0.15, 0.2) is 11.2 Å². The second-order valence-electron chi connectivity index (χ2n) is 14.7. The molecule has 2 aliphatic rings. The number of carboxylic acid groups (broad SMARTS) is 2. The second kappa shape index (κ2) is 18.1. The zero-order valence-corrected chi connectivity index (χ0v) is 31.9. The number of rotatable bonds is 10. The standard InChI is InChI=1S/C21H32N2O5.C16H24N2O3.ClH/c1-15-8-7-9-16(17(15)27-21(5,6)18(24)25)14-22-10-12-23(13-11-22)19(26)28-20(2,3)4;1-12-5-4-6-13(11-18-9-7-17-8-10-18)14(12)21-16(2,3)15(19)20;/h7-9H,10-14H2,1-6H3,(H,24,25);4-6,17H,7-11H2,1-3H3,(H,19,20);1H. The summed E-state index contributed by atoms with van der Waals surface area (Å²) in [5.41, 5.74) is 0.821. The molecule has 2 saturated heterocycles. The van der Waals surface area contributed by atoms with Gasteiger partial charge in [0.1, 0.15) is 17.1 Å². The first-order chi connectivity index (χ1) is 22.8. The van der Waals surface area contributed by atoms with Gasteiger partial charge in [-0.1, -0.05) is 36.4 Å². The van der Waals surface area contributed by atoms with Crippen LogP contribution in [0.5, 0.6) is 11.5 Å². The summed E-state index contributed by atoms with van der Waals surface area (Å²) >= 11 is 0. The van der Waals surface area contributed by atoms with Gasteiger partial charge in [-0.25, -0.2) is 14.4 Å². The Morgan fingerprint density at radius 2 is 1.08 bits per heavy atom. The van der Waals surface area contributed by atoms with Crippen molar-refractivity contribution >= 4 is 30.4 Å². The first-order valence-electron chi connectivity index (χ1n) is 16.9. The lowest BCUT2D eigenvalue weighted by Gasteiger charge is -2.36. The molecule has 0 aliphatic carbocycles. The van der Waals surface area contributed by atoms with E-state index in [1.54, 1.807) is 32.6 Å². The van der Waals surface area contributed by atoms with Crippen molar-refractivity contribution in [3.8, 4) is 11.5 Å². The topological polar surface area (TPSA) is 141 Å². The highest BCUT2D eigenvalue weighted by Gasteiger charge is 2.33. The molecule has 0 bridgehead atoms. The Bertz CT molecular complexity index is 1450. The van der Waals surface area contributed by atoms with Gasteiger partial charge in [0.2, 0.25) is 0 Å². The lowest BCUT2D eigenvalue weighted by Crippen LogP contribution is -2.49. The first-order valence-corrected chi connectivity index (χ1v) is 16.9. The zero-order chi connectivity index (χ0) is 36.6. The van der Waals surface area contributed by atoms with Gasteiger partial charge in [-0.05, 0) is 73.4 Å². The maximum absolute atomic E-state index is 12.2. The molecule has 2 heterocycles. The minimum Gasteiger partial charge on any atom is -0.478 e. The van der Waals surface area contributed by atoms with Crippen molar-refractivity contribution < 1.29 is 38.8 Å². The van der Waals surface area contributed by atoms with E-state index in [2.05, 4.69) is 15.1 Å². The SMILES string of the molecule is Cc1cccc(CN2CCN(C(=O)OC(C)(C)C)CC2)c1OC(C)(C)C(=O)O.Cc1cccc(CN2CCNCC2)c1OC(C)(C)C(=O)O.Cl. The van der Waals surface area contributed by atoms with Crippen molar-refractivity contribution in [3.63, 3.8) is 0 Å². The van der Waals surface area contributed by atoms with Gasteiger partial charge in [-0.15, -0.1) is 12.4 Å². The number of benzene rings is 2. The molecule has 280 valence electrons. The van der Waals surface area contributed by atoms with Gasteiger partial charge in [0.25, 0.3) is 0 Å². The van der Waals surface area contributed by atoms with Crippen molar-refractivity contribution in [2.75, 3.05) is 52.4 Å². The Morgan fingerprint density at radius 3 is 1.46 bits per heavy atom. The Balaban J connectivity index is 0.000000353. The molecule has 4 rings (SSSR count). The predicted octanol–water partition coefficient (Wildman–Crippen LogP) is 5.35. The Labute approximate surface area is 303 Å². The number of hydrogen-bond donors (Lipinski definition) is 3. The van der Waals surface area contributed by atoms with Gasteiger partial charge in [-0.3, -0.25) is 9.80 Å². The quantitative estimate of drug-likeness (QED) is 0.293. The van der Waals surface area contributed by atoms with Crippen molar-refractivity contribution in [2.24, 2.45) is 0 Å². The molecule has 0 atom stereocenters. The highest BCUT2D eigenvalue weighted by molar-refractivity contribution is 5.85. The molecule has 50 heavy (non-hydrogen) atoms. The van der Waals surface area contributed by atoms with E-state index in [0.717, 1.165) is 68.1 Å². The molecule has 1 amide bonds. The fraction of sp³-hybridized carbons (Fsp3) is 0.595. The lowest BCUT2D eigenvalue weighted by atomic mass is 10.1. The average molecular weight is 721 g/mol. The van der Waals surface area contributed by atoms with E-state index in [1.165, 1.54) is 0 Å². The molecular weight excluding hydrogens is 664 g/mol. The van der Waals surface area contributed by atoms with Crippen LogP contribution in [0.1, 0.15) is 70.7 Å². The van der Waals surface area contributed by atoms with Gasteiger partial charge in [0.05, 0.1) is 0 Å². The van der Waals surface area contributed by atoms with Crippen LogP contribution in [0.2, 0.25) is 0 Å². The second-order valence-corrected chi connectivity index (χ2v) is 14.7. The van der Waals surface area contributed by atoms with E-state index in [9.17, 15) is 24.6 Å².